The molecule has 4 atom stereocenters. The molecule has 0 aromatic heterocycles. The van der Waals surface area contributed by atoms with Crippen LogP contribution in [0, 0.1) is 17.8 Å². The van der Waals surface area contributed by atoms with Crippen LogP contribution in [0.15, 0.2) is 30.3 Å². The highest BCUT2D eigenvalue weighted by atomic mass is 16.1. The van der Waals surface area contributed by atoms with Crippen LogP contribution in [0.5, 0.6) is 0 Å². The summed E-state index contributed by atoms with van der Waals surface area (Å²) in [4.78, 5) is 34.3. The molecule has 1 saturated carbocycles. The molecule has 0 unspecified atom stereocenters. The summed E-state index contributed by atoms with van der Waals surface area (Å²) in [6.07, 6.45) is 3.87. The van der Waals surface area contributed by atoms with E-state index in [2.05, 4.69) is 0 Å². The van der Waals surface area contributed by atoms with Gasteiger partial charge >= 0.3 is 0 Å². The van der Waals surface area contributed by atoms with Gasteiger partial charge in [-0.25, -0.2) is 0 Å². The van der Waals surface area contributed by atoms with Crippen LogP contribution in [0.2, 0.25) is 0 Å². The van der Waals surface area contributed by atoms with Crippen molar-refractivity contribution in [1.29, 1.82) is 0 Å². The molecule has 1 aliphatic carbocycles. The predicted molar refractivity (Wildman–Crippen MR) is 76.3 cm³/mol. The molecular formula is C17H20O3. The molecule has 1 aromatic rings. The highest BCUT2D eigenvalue weighted by Gasteiger charge is 2.40. The van der Waals surface area contributed by atoms with Crippen molar-refractivity contribution < 1.29 is 14.4 Å². The summed E-state index contributed by atoms with van der Waals surface area (Å²) in [7, 11) is 0. The highest BCUT2D eigenvalue weighted by Crippen LogP contribution is 2.44. The fourth-order valence-electron chi connectivity index (χ4n) is 3.46. The summed E-state index contributed by atoms with van der Waals surface area (Å²) in [5.74, 6) is -0.296. The molecule has 1 aliphatic rings. The lowest BCUT2D eigenvalue weighted by atomic mass is 9.64. The smallest absolute Gasteiger partial charge is 0.130 e. The minimum Gasteiger partial charge on any atom is -0.303 e. The molecule has 0 bridgehead atoms. The number of carbonyl (C=O) groups excluding carboxylic acids is 3. The maximum absolute atomic E-state index is 11.6. The van der Waals surface area contributed by atoms with Crippen LogP contribution in [-0.4, -0.2) is 18.4 Å². The molecule has 1 fully saturated rings. The lowest BCUT2D eigenvalue weighted by molar-refractivity contribution is -0.121. The molecule has 0 aliphatic heterocycles. The van der Waals surface area contributed by atoms with Crippen molar-refractivity contribution in [2.75, 3.05) is 0 Å². The van der Waals surface area contributed by atoms with Crippen LogP contribution in [0.25, 0.3) is 0 Å². The molecule has 20 heavy (non-hydrogen) atoms. The molecule has 1 aromatic carbocycles. The van der Waals surface area contributed by atoms with E-state index in [-0.39, 0.29) is 29.5 Å². The molecule has 106 valence electrons. The molecule has 0 amide bonds. The van der Waals surface area contributed by atoms with Crippen molar-refractivity contribution in [3.8, 4) is 0 Å². The predicted octanol–water partition coefficient (Wildman–Crippen LogP) is 2.79. The first-order valence-corrected chi connectivity index (χ1v) is 7.12. The van der Waals surface area contributed by atoms with E-state index in [0.29, 0.717) is 6.42 Å². The Kier molecular flexibility index (Phi) is 4.83. The lowest BCUT2D eigenvalue weighted by Crippen LogP contribution is -2.35. The van der Waals surface area contributed by atoms with Gasteiger partial charge in [0.1, 0.15) is 18.4 Å². The van der Waals surface area contributed by atoms with E-state index in [1.807, 2.05) is 30.3 Å². The number of rotatable bonds is 5. The van der Waals surface area contributed by atoms with E-state index in [0.717, 1.165) is 31.0 Å². The number of benzene rings is 1. The van der Waals surface area contributed by atoms with E-state index in [1.54, 1.807) is 6.92 Å². The molecule has 0 radical (unpaired) electrons. The first-order chi connectivity index (χ1) is 9.67. The quantitative estimate of drug-likeness (QED) is 0.774. The van der Waals surface area contributed by atoms with E-state index in [4.69, 9.17) is 0 Å². The second-order valence-corrected chi connectivity index (χ2v) is 5.69. The van der Waals surface area contributed by atoms with Gasteiger partial charge in [-0.1, -0.05) is 30.3 Å². The molecule has 0 N–H and O–H groups in total. The Bertz CT molecular complexity index is 480. The Labute approximate surface area is 119 Å². The van der Waals surface area contributed by atoms with Crippen LogP contribution in [0.1, 0.15) is 37.7 Å². The third kappa shape index (κ3) is 3.03. The third-order valence-electron chi connectivity index (χ3n) is 4.36. The summed E-state index contributed by atoms with van der Waals surface area (Å²) in [6, 6.07) is 9.70. The van der Waals surface area contributed by atoms with E-state index in [1.165, 1.54) is 0 Å². The molecule has 0 spiro atoms. The van der Waals surface area contributed by atoms with Gasteiger partial charge in [0.2, 0.25) is 0 Å². The third-order valence-corrected chi connectivity index (χ3v) is 4.36. The highest BCUT2D eigenvalue weighted by molar-refractivity contribution is 5.76. The largest absolute Gasteiger partial charge is 0.303 e. The van der Waals surface area contributed by atoms with Gasteiger partial charge in [-0.2, -0.15) is 0 Å². The molecule has 0 saturated heterocycles. The van der Waals surface area contributed by atoms with Crippen LogP contribution in [-0.2, 0) is 14.4 Å². The fourth-order valence-corrected chi connectivity index (χ4v) is 3.46. The molecule has 3 heteroatoms. The van der Waals surface area contributed by atoms with E-state index < -0.39 is 0 Å². The number of ketones is 1. The van der Waals surface area contributed by atoms with Gasteiger partial charge < -0.3 is 14.4 Å². The number of aldehydes is 2. The molecule has 0 heterocycles. The minimum atomic E-state index is -0.245. The number of carbonyl (C=O) groups is 3. The maximum Gasteiger partial charge on any atom is 0.130 e. The van der Waals surface area contributed by atoms with Gasteiger partial charge in [0.05, 0.1) is 0 Å². The fraction of sp³-hybridized carbons (Fsp3) is 0.471. The second kappa shape index (κ2) is 6.60. The van der Waals surface area contributed by atoms with E-state index in [9.17, 15) is 14.4 Å². The zero-order valence-corrected chi connectivity index (χ0v) is 11.7. The van der Waals surface area contributed by atoms with Crippen molar-refractivity contribution >= 4 is 18.4 Å². The van der Waals surface area contributed by atoms with Crippen LogP contribution < -0.4 is 0 Å². The minimum absolute atomic E-state index is 0.0615. The Balaban J connectivity index is 2.33. The van der Waals surface area contributed by atoms with Gasteiger partial charge in [0, 0.05) is 24.2 Å². The Morgan fingerprint density at radius 2 is 1.85 bits per heavy atom. The van der Waals surface area contributed by atoms with Gasteiger partial charge in [0.15, 0.2) is 0 Å². The zero-order valence-electron chi connectivity index (χ0n) is 11.7. The van der Waals surface area contributed by atoms with Crippen LogP contribution in [0.4, 0.5) is 0 Å². The summed E-state index contributed by atoms with van der Waals surface area (Å²) in [6.45, 7) is 1.56. The maximum atomic E-state index is 11.6. The zero-order chi connectivity index (χ0) is 14.5. The monoisotopic (exact) mass is 272 g/mol. The van der Waals surface area contributed by atoms with Crippen molar-refractivity contribution in [3.05, 3.63) is 35.9 Å². The van der Waals surface area contributed by atoms with Gasteiger partial charge in [0.25, 0.3) is 0 Å². The average molecular weight is 272 g/mol. The summed E-state index contributed by atoms with van der Waals surface area (Å²) < 4.78 is 0. The van der Waals surface area contributed by atoms with Crippen molar-refractivity contribution in [3.63, 3.8) is 0 Å². The second-order valence-electron chi connectivity index (χ2n) is 5.69. The summed E-state index contributed by atoms with van der Waals surface area (Å²) >= 11 is 0. The average Bonchev–Trinajstić information content (AvgIpc) is 2.47. The van der Waals surface area contributed by atoms with Crippen molar-refractivity contribution in [2.24, 2.45) is 17.8 Å². The van der Waals surface area contributed by atoms with Crippen molar-refractivity contribution in [1.82, 2.24) is 0 Å². The first-order valence-electron chi connectivity index (χ1n) is 7.12. The lowest BCUT2D eigenvalue weighted by Gasteiger charge is -2.38. The molecule has 3 nitrogen and oxygen atoms in total. The van der Waals surface area contributed by atoms with Crippen LogP contribution >= 0.6 is 0 Å². The van der Waals surface area contributed by atoms with Gasteiger partial charge in [-0.15, -0.1) is 0 Å². The van der Waals surface area contributed by atoms with Crippen molar-refractivity contribution in [2.45, 2.75) is 32.1 Å². The number of hydrogen-bond donors (Lipinski definition) is 0. The number of hydrogen-bond acceptors (Lipinski definition) is 3. The van der Waals surface area contributed by atoms with E-state index >= 15 is 0 Å². The molecule has 2 rings (SSSR count). The van der Waals surface area contributed by atoms with Gasteiger partial charge in [-0.3, -0.25) is 0 Å². The van der Waals surface area contributed by atoms with Gasteiger partial charge in [-0.05, 0) is 31.2 Å². The topological polar surface area (TPSA) is 51.2 Å². The normalized spacial score (nSPS) is 29.6. The standard InChI is InChI=1S/C17H20O3/c1-12(20)9-14-7-8-15(10-18)17(16(14)11-19)13-5-3-2-4-6-13/h2-6,10-11,14-17H,7-9H2,1H3/t14-,15-,16-,17-/m0/s1. The first kappa shape index (κ1) is 14.6. The number of Topliss-reactive ketones (excluding diaryl/α,β-unsaturated/α-hetero) is 1. The summed E-state index contributed by atoms with van der Waals surface area (Å²) in [5, 5.41) is 0. The molecular weight excluding hydrogens is 252 g/mol. The Morgan fingerprint density at radius 3 is 2.40 bits per heavy atom. The Hall–Kier alpha value is -1.77. The SMILES string of the molecule is CC(=O)C[C@@H]1CC[C@@H](C=O)[C@H](c2ccccc2)[C@H]1C=O. The summed E-state index contributed by atoms with van der Waals surface area (Å²) in [5.41, 5.74) is 1.02. The van der Waals surface area contributed by atoms with Crippen LogP contribution in [0.3, 0.4) is 0 Å². The Morgan fingerprint density at radius 1 is 1.15 bits per heavy atom.